The maximum atomic E-state index is 5.94. The minimum absolute atomic E-state index is 0.598. The first kappa shape index (κ1) is 13.0. The molecule has 0 atom stereocenters. The van der Waals surface area contributed by atoms with Crippen LogP contribution in [0.25, 0.3) is 22.4 Å². The SMILES string of the molecule is COc1ccc(-c2nc3c(Br)cc(C)cc3[nH]2)cc1N. The second-order valence-corrected chi connectivity index (χ2v) is 5.54. The van der Waals surface area contributed by atoms with Crippen molar-refractivity contribution in [2.24, 2.45) is 0 Å². The minimum atomic E-state index is 0.598. The van der Waals surface area contributed by atoms with Crippen LogP contribution in [0.15, 0.2) is 34.8 Å². The molecule has 3 N–H and O–H groups in total. The molecule has 0 saturated heterocycles. The standard InChI is InChI=1S/C15H14BrN3O/c1-8-5-10(16)14-12(6-8)18-15(19-14)9-3-4-13(20-2)11(17)7-9/h3-7H,17H2,1-2H3,(H,18,19). The van der Waals surface area contributed by atoms with Gasteiger partial charge in [0.05, 0.1) is 18.3 Å². The molecule has 0 bridgehead atoms. The number of aromatic nitrogens is 2. The van der Waals surface area contributed by atoms with Crippen molar-refractivity contribution < 1.29 is 4.74 Å². The summed E-state index contributed by atoms with van der Waals surface area (Å²) in [5.41, 5.74) is 10.6. The van der Waals surface area contributed by atoms with Crippen molar-refractivity contribution >= 4 is 32.7 Å². The molecule has 0 unspecified atom stereocenters. The molecule has 0 spiro atoms. The number of fused-ring (bicyclic) bond motifs is 1. The predicted octanol–water partition coefficient (Wildman–Crippen LogP) is 3.89. The van der Waals surface area contributed by atoms with Gasteiger partial charge in [-0.3, -0.25) is 0 Å². The first-order chi connectivity index (χ1) is 9.58. The normalized spacial score (nSPS) is 10.9. The number of nitrogens with zero attached hydrogens (tertiary/aromatic N) is 1. The van der Waals surface area contributed by atoms with E-state index < -0.39 is 0 Å². The first-order valence-corrected chi connectivity index (χ1v) is 6.97. The van der Waals surface area contributed by atoms with Crippen LogP contribution in [0.5, 0.6) is 5.75 Å². The fourth-order valence-electron chi connectivity index (χ4n) is 2.23. The number of rotatable bonds is 2. The number of hydrogen-bond acceptors (Lipinski definition) is 3. The fourth-order valence-corrected chi connectivity index (χ4v) is 2.89. The second kappa shape index (κ2) is 4.83. The zero-order valence-corrected chi connectivity index (χ0v) is 12.8. The Kier molecular flexibility index (Phi) is 3.14. The first-order valence-electron chi connectivity index (χ1n) is 6.18. The third kappa shape index (κ3) is 2.14. The summed E-state index contributed by atoms with van der Waals surface area (Å²) in [7, 11) is 1.60. The molecule has 0 aliphatic carbocycles. The fraction of sp³-hybridized carbons (Fsp3) is 0.133. The Morgan fingerprint density at radius 2 is 2.05 bits per heavy atom. The number of H-pyrrole nitrogens is 1. The Labute approximate surface area is 125 Å². The summed E-state index contributed by atoms with van der Waals surface area (Å²) in [5, 5.41) is 0. The molecule has 20 heavy (non-hydrogen) atoms. The highest BCUT2D eigenvalue weighted by Crippen LogP contribution is 2.30. The number of ether oxygens (including phenoxy) is 1. The molecule has 3 aromatic rings. The molecule has 0 amide bonds. The van der Waals surface area contributed by atoms with Gasteiger partial charge in [0.1, 0.15) is 17.1 Å². The number of benzene rings is 2. The average Bonchev–Trinajstić information content (AvgIpc) is 2.82. The van der Waals surface area contributed by atoms with Crippen molar-refractivity contribution in [3.05, 3.63) is 40.4 Å². The van der Waals surface area contributed by atoms with E-state index in [1.54, 1.807) is 7.11 Å². The Balaban J connectivity index is 2.15. The third-order valence-corrected chi connectivity index (χ3v) is 3.79. The number of anilines is 1. The number of nitrogens with two attached hydrogens (primary N) is 1. The molecule has 2 aromatic carbocycles. The highest BCUT2D eigenvalue weighted by Gasteiger charge is 2.10. The van der Waals surface area contributed by atoms with Crippen molar-refractivity contribution in [3.63, 3.8) is 0 Å². The van der Waals surface area contributed by atoms with Gasteiger partial charge in [-0.2, -0.15) is 0 Å². The molecular formula is C15H14BrN3O. The Bertz CT molecular complexity index is 795. The van der Waals surface area contributed by atoms with Gasteiger partial charge in [-0.25, -0.2) is 4.98 Å². The number of nitrogens with one attached hydrogen (secondary N) is 1. The van der Waals surface area contributed by atoms with Crippen LogP contribution in [-0.2, 0) is 0 Å². The summed E-state index contributed by atoms with van der Waals surface area (Å²) in [6.07, 6.45) is 0. The van der Waals surface area contributed by atoms with E-state index in [-0.39, 0.29) is 0 Å². The van der Waals surface area contributed by atoms with Gasteiger partial charge in [-0.1, -0.05) is 0 Å². The molecule has 0 aliphatic rings. The summed E-state index contributed by atoms with van der Waals surface area (Å²) in [5.74, 6) is 1.46. The largest absolute Gasteiger partial charge is 0.495 e. The molecule has 1 aromatic heterocycles. The zero-order valence-electron chi connectivity index (χ0n) is 11.2. The van der Waals surface area contributed by atoms with E-state index in [9.17, 15) is 0 Å². The summed E-state index contributed by atoms with van der Waals surface area (Å²) < 4.78 is 6.15. The van der Waals surface area contributed by atoms with E-state index in [1.807, 2.05) is 18.2 Å². The van der Waals surface area contributed by atoms with Crippen LogP contribution in [0.1, 0.15) is 5.56 Å². The molecule has 0 aliphatic heterocycles. The van der Waals surface area contributed by atoms with E-state index >= 15 is 0 Å². The van der Waals surface area contributed by atoms with E-state index in [0.717, 1.165) is 26.9 Å². The van der Waals surface area contributed by atoms with Crippen LogP contribution >= 0.6 is 15.9 Å². The lowest BCUT2D eigenvalue weighted by Crippen LogP contribution is -1.92. The van der Waals surface area contributed by atoms with Crippen molar-refractivity contribution in [2.75, 3.05) is 12.8 Å². The maximum absolute atomic E-state index is 5.94. The van der Waals surface area contributed by atoms with Crippen LogP contribution in [0.4, 0.5) is 5.69 Å². The Hall–Kier alpha value is -2.01. The van der Waals surface area contributed by atoms with Crippen LogP contribution in [0.2, 0.25) is 0 Å². The van der Waals surface area contributed by atoms with Crippen LogP contribution in [-0.4, -0.2) is 17.1 Å². The summed E-state index contributed by atoms with van der Waals surface area (Å²) in [4.78, 5) is 7.94. The maximum Gasteiger partial charge on any atom is 0.141 e. The number of aryl methyl sites for hydroxylation is 1. The van der Waals surface area contributed by atoms with Gasteiger partial charge in [0.2, 0.25) is 0 Å². The second-order valence-electron chi connectivity index (χ2n) is 4.69. The molecule has 4 nitrogen and oxygen atoms in total. The van der Waals surface area contributed by atoms with E-state index in [2.05, 4.69) is 45.0 Å². The molecule has 1 heterocycles. The number of imidazole rings is 1. The highest BCUT2D eigenvalue weighted by molar-refractivity contribution is 9.10. The van der Waals surface area contributed by atoms with Gasteiger partial charge in [0.15, 0.2) is 0 Å². The lowest BCUT2D eigenvalue weighted by Gasteiger charge is -2.05. The van der Waals surface area contributed by atoms with Gasteiger partial charge >= 0.3 is 0 Å². The van der Waals surface area contributed by atoms with Gasteiger partial charge in [-0.05, 0) is 58.7 Å². The number of nitrogen functional groups attached to an aromatic ring is 1. The monoisotopic (exact) mass is 331 g/mol. The summed E-state index contributed by atoms with van der Waals surface area (Å²) in [6.45, 7) is 2.05. The van der Waals surface area contributed by atoms with Crippen LogP contribution < -0.4 is 10.5 Å². The van der Waals surface area contributed by atoms with Crippen molar-refractivity contribution in [2.45, 2.75) is 6.92 Å². The van der Waals surface area contributed by atoms with E-state index in [1.165, 1.54) is 5.56 Å². The third-order valence-electron chi connectivity index (χ3n) is 3.19. The van der Waals surface area contributed by atoms with Crippen LogP contribution in [0, 0.1) is 6.92 Å². The lowest BCUT2D eigenvalue weighted by molar-refractivity contribution is 0.417. The quantitative estimate of drug-likeness (QED) is 0.700. The lowest BCUT2D eigenvalue weighted by atomic mass is 10.2. The summed E-state index contributed by atoms with van der Waals surface area (Å²) >= 11 is 3.54. The van der Waals surface area contributed by atoms with Crippen molar-refractivity contribution in [1.29, 1.82) is 0 Å². The van der Waals surface area contributed by atoms with Crippen LogP contribution in [0.3, 0.4) is 0 Å². The zero-order chi connectivity index (χ0) is 14.3. The van der Waals surface area contributed by atoms with Gasteiger partial charge in [0, 0.05) is 10.0 Å². The average molecular weight is 332 g/mol. The number of hydrogen-bond donors (Lipinski definition) is 2. The Morgan fingerprint density at radius 1 is 1.25 bits per heavy atom. The smallest absolute Gasteiger partial charge is 0.141 e. The molecule has 0 radical (unpaired) electrons. The molecule has 5 heteroatoms. The molecule has 3 rings (SSSR count). The predicted molar refractivity (Wildman–Crippen MR) is 84.9 cm³/mol. The van der Waals surface area contributed by atoms with Gasteiger partial charge in [-0.15, -0.1) is 0 Å². The number of methoxy groups -OCH3 is 1. The number of aromatic amines is 1. The highest BCUT2D eigenvalue weighted by atomic mass is 79.9. The van der Waals surface area contributed by atoms with E-state index in [4.69, 9.17) is 10.5 Å². The topological polar surface area (TPSA) is 63.9 Å². The molecular weight excluding hydrogens is 318 g/mol. The van der Waals surface area contributed by atoms with Crippen molar-refractivity contribution in [1.82, 2.24) is 9.97 Å². The minimum Gasteiger partial charge on any atom is -0.495 e. The molecule has 0 saturated carbocycles. The molecule has 0 fully saturated rings. The van der Waals surface area contributed by atoms with Gasteiger partial charge < -0.3 is 15.5 Å². The van der Waals surface area contributed by atoms with Crippen molar-refractivity contribution in [3.8, 4) is 17.1 Å². The van der Waals surface area contributed by atoms with E-state index in [0.29, 0.717) is 11.4 Å². The number of halogens is 1. The van der Waals surface area contributed by atoms with Gasteiger partial charge in [0.25, 0.3) is 0 Å². The Morgan fingerprint density at radius 3 is 2.75 bits per heavy atom. The molecule has 102 valence electrons. The summed E-state index contributed by atoms with van der Waals surface area (Å²) in [6, 6.07) is 9.77.